The standard InChI is InChI=1S/C11H20N2O/c1-3-4-11(14)13-7-5-10(6-8-13)9-12-2/h3-4,10,12H,5-9H2,1-2H3. The molecule has 0 aromatic rings. The molecule has 3 nitrogen and oxygen atoms in total. The van der Waals surface area contributed by atoms with Gasteiger partial charge in [0, 0.05) is 13.1 Å². The van der Waals surface area contributed by atoms with Gasteiger partial charge in [0.1, 0.15) is 0 Å². The summed E-state index contributed by atoms with van der Waals surface area (Å²) in [5.41, 5.74) is 0. The van der Waals surface area contributed by atoms with Crippen molar-refractivity contribution in [3.63, 3.8) is 0 Å². The van der Waals surface area contributed by atoms with Gasteiger partial charge in [0.25, 0.3) is 0 Å². The van der Waals surface area contributed by atoms with Gasteiger partial charge >= 0.3 is 0 Å². The number of nitrogens with zero attached hydrogens (tertiary/aromatic N) is 1. The van der Waals surface area contributed by atoms with Gasteiger partial charge in [0.05, 0.1) is 0 Å². The third kappa shape index (κ3) is 3.14. The average Bonchev–Trinajstić information content (AvgIpc) is 2.20. The number of rotatable bonds is 3. The molecule has 0 radical (unpaired) electrons. The number of amides is 1. The van der Waals surface area contributed by atoms with Crippen molar-refractivity contribution >= 4 is 5.91 Å². The Morgan fingerprint density at radius 2 is 2.14 bits per heavy atom. The van der Waals surface area contributed by atoms with Crippen molar-refractivity contribution in [2.24, 2.45) is 5.92 Å². The maximum Gasteiger partial charge on any atom is 0.246 e. The lowest BCUT2D eigenvalue weighted by atomic mass is 9.97. The second-order valence-corrected chi connectivity index (χ2v) is 3.83. The fourth-order valence-corrected chi connectivity index (χ4v) is 1.89. The number of hydrogen-bond acceptors (Lipinski definition) is 2. The molecule has 1 N–H and O–H groups in total. The van der Waals surface area contributed by atoms with Gasteiger partial charge in [-0.1, -0.05) is 6.08 Å². The maximum absolute atomic E-state index is 11.5. The number of piperidine rings is 1. The summed E-state index contributed by atoms with van der Waals surface area (Å²) < 4.78 is 0. The van der Waals surface area contributed by atoms with E-state index in [1.807, 2.05) is 24.9 Å². The first-order chi connectivity index (χ1) is 6.77. The van der Waals surface area contributed by atoms with Crippen LogP contribution < -0.4 is 5.32 Å². The lowest BCUT2D eigenvalue weighted by Gasteiger charge is -2.31. The molecule has 0 unspecified atom stereocenters. The first-order valence-corrected chi connectivity index (χ1v) is 5.34. The first kappa shape index (κ1) is 11.2. The van der Waals surface area contributed by atoms with Gasteiger partial charge in [-0.25, -0.2) is 0 Å². The molecule has 0 atom stereocenters. The van der Waals surface area contributed by atoms with Crippen LogP contribution in [-0.2, 0) is 4.79 Å². The number of likely N-dealkylation sites (tertiary alicyclic amines) is 1. The van der Waals surface area contributed by atoms with Gasteiger partial charge in [0.15, 0.2) is 0 Å². The molecule has 0 aromatic carbocycles. The van der Waals surface area contributed by atoms with E-state index in [9.17, 15) is 4.79 Å². The van der Waals surface area contributed by atoms with Crippen LogP contribution in [0, 0.1) is 5.92 Å². The molecule has 80 valence electrons. The first-order valence-electron chi connectivity index (χ1n) is 5.34. The average molecular weight is 196 g/mol. The summed E-state index contributed by atoms with van der Waals surface area (Å²) in [7, 11) is 1.98. The van der Waals surface area contributed by atoms with Crippen LogP contribution in [0.25, 0.3) is 0 Å². The molecule has 1 rings (SSSR count). The van der Waals surface area contributed by atoms with Gasteiger partial charge in [-0.3, -0.25) is 4.79 Å². The summed E-state index contributed by atoms with van der Waals surface area (Å²) >= 11 is 0. The van der Waals surface area contributed by atoms with E-state index in [2.05, 4.69) is 5.32 Å². The zero-order valence-electron chi connectivity index (χ0n) is 9.12. The molecule has 14 heavy (non-hydrogen) atoms. The Kier molecular flexibility index (Phi) is 4.66. The van der Waals surface area contributed by atoms with Crippen LogP contribution in [-0.4, -0.2) is 37.5 Å². The Labute approximate surface area is 86.2 Å². The third-order valence-corrected chi connectivity index (χ3v) is 2.73. The molecule has 1 fully saturated rings. The van der Waals surface area contributed by atoms with Crippen LogP contribution in [0.3, 0.4) is 0 Å². The summed E-state index contributed by atoms with van der Waals surface area (Å²) in [5, 5.41) is 3.19. The van der Waals surface area contributed by atoms with Crippen molar-refractivity contribution in [2.45, 2.75) is 19.8 Å². The number of nitrogens with one attached hydrogen (secondary N) is 1. The second-order valence-electron chi connectivity index (χ2n) is 3.83. The fourth-order valence-electron chi connectivity index (χ4n) is 1.89. The highest BCUT2D eigenvalue weighted by molar-refractivity contribution is 5.87. The van der Waals surface area contributed by atoms with Crippen LogP contribution in [0.4, 0.5) is 0 Å². The highest BCUT2D eigenvalue weighted by Crippen LogP contribution is 2.16. The Morgan fingerprint density at radius 3 is 2.64 bits per heavy atom. The number of carbonyl (C=O) groups is 1. The van der Waals surface area contributed by atoms with Crippen molar-refractivity contribution in [2.75, 3.05) is 26.7 Å². The van der Waals surface area contributed by atoms with Crippen LogP contribution in [0.15, 0.2) is 12.2 Å². The molecule has 1 aliphatic rings. The Balaban J connectivity index is 2.31. The highest BCUT2D eigenvalue weighted by Gasteiger charge is 2.20. The fraction of sp³-hybridized carbons (Fsp3) is 0.727. The highest BCUT2D eigenvalue weighted by atomic mass is 16.2. The molecule has 0 aliphatic carbocycles. The predicted molar refractivity (Wildman–Crippen MR) is 58.0 cm³/mol. The van der Waals surface area contributed by atoms with Gasteiger partial charge < -0.3 is 10.2 Å². The molecular weight excluding hydrogens is 176 g/mol. The molecule has 1 heterocycles. The molecule has 1 amide bonds. The van der Waals surface area contributed by atoms with Gasteiger partial charge in [-0.2, -0.15) is 0 Å². The molecule has 3 heteroatoms. The smallest absolute Gasteiger partial charge is 0.246 e. The van der Waals surface area contributed by atoms with E-state index in [0.29, 0.717) is 0 Å². The SMILES string of the molecule is CC=CC(=O)N1CCC(CNC)CC1. The molecular formula is C11H20N2O. The Bertz CT molecular complexity index is 205. The number of hydrogen-bond donors (Lipinski definition) is 1. The van der Waals surface area contributed by atoms with E-state index in [-0.39, 0.29) is 5.91 Å². The maximum atomic E-state index is 11.5. The lowest BCUT2D eigenvalue weighted by Crippen LogP contribution is -2.39. The number of carbonyl (C=O) groups excluding carboxylic acids is 1. The molecule has 0 spiro atoms. The van der Waals surface area contributed by atoms with Crippen molar-refractivity contribution < 1.29 is 4.79 Å². The van der Waals surface area contributed by atoms with Crippen LogP contribution in [0.1, 0.15) is 19.8 Å². The van der Waals surface area contributed by atoms with E-state index < -0.39 is 0 Å². The monoisotopic (exact) mass is 196 g/mol. The molecule has 0 aromatic heterocycles. The summed E-state index contributed by atoms with van der Waals surface area (Å²) in [6, 6.07) is 0. The van der Waals surface area contributed by atoms with E-state index in [4.69, 9.17) is 0 Å². The third-order valence-electron chi connectivity index (χ3n) is 2.73. The Morgan fingerprint density at radius 1 is 1.50 bits per heavy atom. The van der Waals surface area contributed by atoms with Crippen molar-refractivity contribution in [1.29, 1.82) is 0 Å². The van der Waals surface area contributed by atoms with Crippen molar-refractivity contribution in [3.8, 4) is 0 Å². The van der Waals surface area contributed by atoms with Gasteiger partial charge in [-0.05, 0) is 45.4 Å². The van der Waals surface area contributed by atoms with Crippen molar-refractivity contribution in [1.82, 2.24) is 10.2 Å². The lowest BCUT2D eigenvalue weighted by molar-refractivity contribution is -0.127. The quantitative estimate of drug-likeness (QED) is 0.684. The topological polar surface area (TPSA) is 32.3 Å². The predicted octanol–water partition coefficient (Wildman–Crippen LogP) is 1.02. The summed E-state index contributed by atoms with van der Waals surface area (Å²) in [6.45, 7) is 4.78. The normalized spacial score (nSPS) is 19.1. The second kappa shape index (κ2) is 5.81. The van der Waals surface area contributed by atoms with E-state index in [1.54, 1.807) is 6.08 Å². The largest absolute Gasteiger partial charge is 0.339 e. The minimum Gasteiger partial charge on any atom is -0.339 e. The van der Waals surface area contributed by atoms with E-state index in [0.717, 1.165) is 38.4 Å². The summed E-state index contributed by atoms with van der Waals surface area (Å²) in [5.74, 6) is 0.907. The Hall–Kier alpha value is -0.830. The molecule has 1 aliphatic heterocycles. The van der Waals surface area contributed by atoms with E-state index in [1.165, 1.54) is 0 Å². The minimum atomic E-state index is 0.162. The molecule has 1 saturated heterocycles. The summed E-state index contributed by atoms with van der Waals surface area (Å²) in [6.07, 6.45) is 5.72. The zero-order valence-corrected chi connectivity index (χ0v) is 9.12. The van der Waals surface area contributed by atoms with Gasteiger partial charge in [0.2, 0.25) is 5.91 Å². The van der Waals surface area contributed by atoms with Crippen LogP contribution >= 0.6 is 0 Å². The zero-order chi connectivity index (χ0) is 10.4. The molecule has 0 bridgehead atoms. The van der Waals surface area contributed by atoms with Crippen LogP contribution in [0.5, 0.6) is 0 Å². The molecule has 0 saturated carbocycles. The number of allylic oxidation sites excluding steroid dienone is 1. The van der Waals surface area contributed by atoms with Crippen LogP contribution in [0.2, 0.25) is 0 Å². The minimum absolute atomic E-state index is 0.162. The van der Waals surface area contributed by atoms with E-state index >= 15 is 0 Å². The van der Waals surface area contributed by atoms with Gasteiger partial charge in [-0.15, -0.1) is 0 Å². The van der Waals surface area contributed by atoms with Crippen molar-refractivity contribution in [3.05, 3.63) is 12.2 Å². The summed E-state index contributed by atoms with van der Waals surface area (Å²) in [4.78, 5) is 13.4.